The van der Waals surface area contributed by atoms with E-state index in [1.807, 2.05) is 11.8 Å². The molecule has 0 spiro atoms. The van der Waals surface area contributed by atoms with Crippen LogP contribution < -0.4 is 16.1 Å². The van der Waals surface area contributed by atoms with Gasteiger partial charge in [-0.05, 0) is 15.4 Å². The molecule has 2 aromatic rings. The Bertz CT molecular complexity index is 559. The highest BCUT2D eigenvalue weighted by Crippen LogP contribution is 2.36. The quantitative estimate of drug-likeness (QED) is 0.580. The van der Waals surface area contributed by atoms with Gasteiger partial charge < -0.3 is 10.2 Å². The SMILES string of the molecule is CC(C)(C)[Si](OCCSCCN)(c1ccccc1)c1ccccc1. The number of hydrogen-bond donors (Lipinski definition) is 1. The summed E-state index contributed by atoms with van der Waals surface area (Å²) in [6.07, 6.45) is 0. The van der Waals surface area contributed by atoms with Gasteiger partial charge in [0.1, 0.15) is 0 Å². The summed E-state index contributed by atoms with van der Waals surface area (Å²) in [5.41, 5.74) is 5.59. The molecule has 0 saturated carbocycles. The predicted molar refractivity (Wildman–Crippen MR) is 110 cm³/mol. The maximum atomic E-state index is 6.79. The van der Waals surface area contributed by atoms with Gasteiger partial charge in [-0.1, -0.05) is 81.4 Å². The van der Waals surface area contributed by atoms with Gasteiger partial charge in [-0.25, -0.2) is 0 Å². The van der Waals surface area contributed by atoms with Crippen LogP contribution in [-0.2, 0) is 4.43 Å². The zero-order valence-electron chi connectivity index (χ0n) is 15.0. The van der Waals surface area contributed by atoms with Crippen molar-refractivity contribution in [2.75, 3.05) is 24.7 Å². The molecule has 2 aromatic carbocycles. The third-order valence-corrected chi connectivity index (χ3v) is 10.2. The highest BCUT2D eigenvalue weighted by atomic mass is 32.2. The molecule has 4 heteroatoms. The van der Waals surface area contributed by atoms with Crippen molar-refractivity contribution in [2.24, 2.45) is 5.73 Å². The van der Waals surface area contributed by atoms with Gasteiger partial charge in [-0.2, -0.15) is 11.8 Å². The Kier molecular flexibility index (Phi) is 7.11. The average molecular weight is 360 g/mol. The van der Waals surface area contributed by atoms with E-state index in [4.69, 9.17) is 10.2 Å². The van der Waals surface area contributed by atoms with Crippen molar-refractivity contribution in [3.63, 3.8) is 0 Å². The second kappa shape index (κ2) is 8.86. The van der Waals surface area contributed by atoms with Crippen LogP contribution in [0, 0.1) is 0 Å². The molecule has 0 fully saturated rings. The summed E-state index contributed by atoms with van der Waals surface area (Å²) >= 11 is 1.87. The van der Waals surface area contributed by atoms with E-state index in [2.05, 4.69) is 81.4 Å². The molecule has 24 heavy (non-hydrogen) atoms. The van der Waals surface area contributed by atoms with Crippen molar-refractivity contribution >= 4 is 30.5 Å². The molecule has 0 bridgehead atoms. The lowest BCUT2D eigenvalue weighted by Crippen LogP contribution is -2.66. The number of thioether (sulfide) groups is 1. The zero-order valence-corrected chi connectivity index (χ0v) is 16.8. The number of hydrogen-bond acceptors (Lipinski definition) is 3. The fourth-order valence-electron chi connectivity index (χ4n) is 3.20. The van der Waals surface area contributed by atoms with Crippen LogP contribution in [0.2, 0.25) is 5.04 Å². The Balaban J connectivity index is 2.42. The zero-order chi connectivity index (χ0) is 17.5. The van der Waals surface area contributed by atoms with E-state index < -0.39 is 8.32 Å². The van der Waals surface area contributed by atoms with Crippen LogP contribution >= 0.6 is 11.8 Å². The van der Waals surface area contributed by atoms with E-state index in [1.54, 1.807) is 0 Å². The minimum absolute atomic E-state index is 0.0498. The lowest BCUT2D eigenvalue weighted by molar-refractivity contribution is 0.322. The van der Waals surface area contributed by atoms with Crippen LogP contribution in [0.4, 0.5) is 0 Å². The van der Waals surface area contributed by atoms with E-state index >= 15 is 0 Å². The second-order valence-electron chi connectivity index (χ2n) is 6.91. The smallest absolute Gasteiger partial charge is 0.261 e. The van der Waals surface area contributed by atoms with Crippen molar-refractivity contribution in [1.29, 1.82) is 0 Å². The summed E-state index contributed by atoms with van der Waals surface area (Å²) < 4.78 is 6.79. The van der Waals surface area contributed by atoms with Gasteiger partial charge in [-0.3, -0.25) is 0 Å². The molecule has 2 N–H and O–H groups in total. The molecule has 0 atom stereocenters. The highest BCUT2D eigenvalue weighted by molar-refractivity contribution is 7.99. The van der Waals surface area contributed by atoms with Crippen molar-refractivity contribution < 1.29 is 4.43 Å². The fourth-order valence-corrected chi connectivity index (χ4v) is 8.48. The van der Waals surface area contributed by atoms with Crippen molar-refractivity contribution in [3.05, 3.63) is 60.7 Å². The van der Waals surface area contributed by atoms with E-state index in [9.17, 15) is 0 Å². The van der Waals surface area contributed by atoms with E-state index in [-0.39, 0.29) is 5.04 Å². The first kappa shape index (κ1) is 19.3. The van der Waals surface area contributed by atoms with Gasteiger partial charge in [0.15, 0.2) is 0 Å². The van der Waals surface area contributed by atoms with Crippen LogP contribution in [0.1, 0.15) is 20.8 Å². The molecule has 0 aromatic heterocycles. The number of nitrogens with two attached hydrogens (primary N) is 1. The molecular weight excluding hydrogens is 330 g/mol. The number of rotatable bonds is 8. The molecule has 0 radical (unpaired) electrons. The summed E-state index contributed by atoms with van der Waals surface area (Å²) in [7, 11) is -2.35. The van der Waals surface area contributed by atoms with Crippen LogP contribution in [0.3, 0.4) is 0 Å². The summed E-state index contributed by atoms with van der Waals surface area (Å²) in [6.45, 7) is 8.42. The molecule has 0 amide bonds. The second-order valence-corrected chi connectivity index (χ2v) is 12.4. The highest BCUT2D eigenvalue weighted by Gasteiger charge is 2.49. The normalized spacial score (nSPS) is 12.3. The van der Waals surface area contributed by atoms with Crippen LogP contribution in [0.5, 0.6) is 0 Å². The van der Waals surface area contributed by atoms with Crippen molar-refractivity contribution in [3.8, 4) is 0 Å². The van der Waals surface area contributed by atoms with Crippen LogP contribution in [0.15, 0.2) is 60.7 Å². The Labute approximate surface area is 151 Å². The molecule has 0 heterocycles. The molecule has 0 saturated heterocycles. The molecule has 130 valence electrons. The number of benzene rings is 2. The molecule has 0 aliphatic carbocycles. The largest absolute Gasteiger partial charge is 0.407 e. The molecule has 2 rings (SSSR count). The van der Waals surface area contributed by atoms with Gasteiger partial charge >= 0.3 is 0 Å². The third-order valence-electron chi connectivity index (χ3n) is 4.23. The van der Waals surface area contributed by atoms with Crippen LogP contribution in [-0.4, -0.2) is 33.0 Å². The van der Waals surface area contributed by atoms with Crippen molar-refractivity contribution in [2.45, 2.75) is 25.8 Å². The minimum Gasteiger partial charge on any atom is -0.407 e. The fraction of sp³-hybridized carbons (Fsp3) is 0.400. The van der Waals surface area contributed by atoms with Gasteiger partial charge in [0, 0.05) is 24.7 Å². The maximum absolute atomic E-state index is 6.79. The standard InChI is InChI=1S/C20H29NOSSi/c1-20(2,3)24(18-10-6-4-7-11-18,19-12-8-5-9-13-19)22-15-17-23-16-14-21/h4-13H,14-17,21H2,1-3H3. The first-order chi connectivity index (χ1) is 11.5. The first-order valence-electron chi connectivity index (χ1n) is 8.55. The maximum Gasteiger partial charge on any atom is 0.261 e. The lowest BCUT2D eigenvalue weighted by Gasteiger charge is -2.43. The van der Waals surface area contributed by atoms with E-state index in [1.165, 1.54) is 10.4 Å². The molecule has 0 aliphatic heterocycles. The molecule has 0 unspecified atom stereocenters. The van der Waals surface area contributed by atoms with Crippen LogP contribution in [0.25, 0.3) is 0 Å². The van der Waals surface area contributed by atoms with Gasteiger partial charge in [0.25, 0.3) is 8.32 Å². The Hall–Kier alpha value is -1.07. The van der Waals surface area contributed by atoms with Crippen molar-refractivity contribution in [1.82, 2.24) is 0 Å². The predicted octanol–water partition coefficient (Wildman–Crippen LogP) is 3.25. The summed E-state index contributed by atoms with van der Waals surface area (Å²) in [6, 6.07) is 21.6. The topological polar surface area (TPSA) is 35.2 Å². The molecule has 2 nitrogen and oxygen atoms in total. The Morgan fingerprint density at radius 2 is 1.38 bits per heavy atom. The van der Waals surface area contributed by atoms with E-state index in [0.717, 1.165) is 24.7 Å². The Morgan fingerprint density at radius 3 is 1.79 bits per heavy atom. The van der Waals surface area contributed by atoms with E-state index in [0.29, 0.717) is 0 Å². The first-order valence-corrected chi connectivity index (χ1v) is 11.6. The van der Waals surface area contributed by atoms with Gasteiger partial charge in [0.2, 0.25) is 0 Å². The van der Waals surface area contributed by atoms with Gasteiger partial charge in [-0.15, -0.1) is 0 Å². The average Bonchev–Trinajstić information content (AvgIpc) is 2.59. The van der Waals surface area contributed by atoms with Gasteiger partial charge in [0.05, 0.1) is 0 Å². The minimum atomic E-state index is -2.35. The third kappa shape index (κ3) is 4.31. The molecule has 0 aliphatic rings. The molecular formula is C20H29NOSSi. The Morgan fingerprint density at radius 1 is 0.875 bits per heavy atom. The summed E-state index contributed by atoms with van der Waals surface area (Å²) in [5.74, 6) is 1.98. The lowest BCUT2D eigenvalue weighted by atomic mass is 10.2. The summed E-state index contributed by atoms with van der Waals surface area (Å²) in [5, 5.41) is 2.73. The monoisotopic (exact) mass is 359 g/mol. The summed E-state index contributed by atoms with van der Waals surface area (Å²) in [4.78, 5) is 0.